The number of benzene rings is 1. The zero-order valence-corrected chi connectivity index (χ0v) is 13.6. The number of furan rings is 1. The van der Waals surface area contributed by atoms with Gasteiger partial charge in [0.15, 0.2) is 5.76 Å². The van der Waals surface area contributed by atoms with Crippen molar-refractivity contribution in [3.63, 3.8) is 0 Å². The molecule has 120 valence electrons. The summed E-state index contributed by atoms with van der Waals surface area (Å²) in [7, 11) is 0. The Labute approximate surface area is 141 Å². The van der Waals surface area contributed by atoms with Gasteiger partial charge in [0.1, 0.15) is 6.26 Å². The van der Waals surface area contributed by atoms with Crippen molar-refractivity contribution in [1.82, 2.24) is 15.2 Å². The van der Waals surface area contributed by atoms with Gasteiger partial charge < -0.3 is 13.3 Å². The highest BCUT2D eigenvalue weighted by molar-refractivity contribution is 7.98. The van der Waals surface area contributed by atoms with Gasteiger partial charge in [0.05, 0.1) is 12.0 Å². The highest BCUT2D eigenvalue weighted by Gasteiger charge is 2.13. The SMILES string of the molecule is Cc1ccc(-c2nc(CSc3nnc(-c4ccco4)o3)co2)cc1. The lowest BCUT2D eigenvalue weighted by Gasteiger charge is -1.95. The molecule has 7 heteroatoms. The molecule has 0 atom stereocenters. The second kappa shape index (κ2) is 6.37. The summed E-state index contributed by atoms with van der Waals surface area (Å²) in [6.07, 6.45) is 3.21. The second-order valence-electron chi connectivity index (χ2n) is 5.15. The molecular formula is C17H13N3O3S. The van der Waals surface area contributed by atoms with Gasteiger partial charge in [0.2, 0.25) is 5.89 Å². The Kier molecular flexibility index (Phi) is 3.92. The third kappa shape index (κ3) is 3.11. The van der Waals surface area contributed by atoms with E-state index >= 15 is 0 Å². The monoisotopic (exact) mass is 339 g/mol. The van der Waals surface area contributed by atoms with Crippen LogP contribution in [-0.2, 0) is 5.75 Å². The largest absolute Gasteiger partial charge is 0.459 e. The third-order valence-corrected chi connectivity index (χ3v) is 4.18. The number of aryl methyl sites for hydroxylation is 1. The van der Waals surface area contributed by atoms with Gasteiger partial charge in [-0.1, -0.05) is 29.5 Å². The number of aromatic nitrogens is 3. The first-order chi connectivity index (χ1) is 11.8. The van der Waals surface area contributed by atoms with Gasteiger partial charge in [-0.3, -0.25) is 0 Å². The van der Waals surface area contributed by atoms with E-state index in [9.17, 15) is 0 Å². The number of nitrogens with zero attached hydrogens (tertiary/aromatic N) is 3. The highest BCUT2D eigenvalue weighted by atomic mass is 32.2. The average Bonchev–Trinajstić information content (AvgIpc) is 3.34. The molecule has 0 radical (unpaired) electrons. The van der Waals surface area contributed by atoms with Gasteiger partial charge >= 0.3 is 0 Å². The van der Waals surface area contributed by atoms with Crippen LogP contribution in [0.4, 0.5) is 0 Å². The topological polar surface area (TPSA) is 78.1 Å². The molecule has 24 heavy (non-hydrogen) atoms. The number of hydrogen-bond donors (Lipinski definition) is 0. The summed E-state index contributed by atoms with van der Waals surface area (Å²) in [5.41, 5.74) is 2.97. The Bertz CT molecular complexity index is 926. The summed E-state index contributed by atoms with van der Waals surface area (Å²) in [6, 6.07) is 11.6. The first-order valence-electron chi connectivity index (χ1n) is 7.29. The molecule has 1 aromatic carbocycles. The Balaban J connectivity index is 1.42. The van der Waals surface area contributed by atoms with E-state index in [1.54, 1.807) is 24.7 Å². The van der Waals surface area contributed by atoms with Crippen molar-refractivity contribution >= 4 is 11.8 Å². The maximum Gasteiger partial charge on any atom is 0.284 e. The molecule has 3 aromatic heterocycles. The van der Waals surface area contributed by atoms with Crippen molar-refractivity contribution in [2.45, 2.75) is 17.9 Å². The van der Waals surface area contributed by atoms with Crippen LogP contribution >= 0.6 is 11.8 Å². The van der Waals surface area contributed by atoms with Crippen LogP contribution in [0.25, 0.3) is 23.1 Å². The molecule has 6 nitrogen and oxygen atoms in total. The minimum atomic E-state index is 0.364. The summed E-state index contributed by atoms with van der Waals surface area (Å²) in [5, 5.41) is 8.41. The van der Waals surface area contributed by atoms with E-state index in [2.05, 4.69) is 15.2 Å². The summed E-state index contributed by atoms with van der Waals surface area (Å²) >= 11 is 1.40. The van der Waals surface area contributed by atoms with Crippen molar-refractivity contribution in [1.29, 1.82) is 0 Å². The van der Waals surface area contributed by atoms with Crippen LogP contribution in [0.1, 0.15) is 11.3 Å². The van der Waals surface area contributed by atoms with Gasteiger partial charge in [-0.15, -0.1) is 10.2 Å². The van der Waals surface area contributed by atoms with Gasteiger partial charge in [0.25, 0.3) is 11.1 Å². The fourth-order valence-electron chi connectivity index (χ4n) is 2.11. The Morgan fingerprint density at radius 1 is 1.00 bits per heavy atom. The zero-order valence-electron chi connectivity index (χ0n) is 12.8. The fraction of sp³-hybridized carbons (Fsp3) is 0.118. The molecule has 0 spiro atoms. The third-order valence-electron chi connectivity index (χ3n) is 3.33. The van der Waals surface area contributed by atoms with E-state index in [4.69, 9.17) is 13.3 Å². The predicted molar refractivity (Wildman–Crippen MR) is 88.2 cm³/mol. The molecule has 3 heterocycles. The summed E-state index contributed by atoms with van der Waals surface area (Å²) in [5.74, 6) is 2.10. The van der Waals surface area contributed by atoms with Crippen molar-refractivity contribution in [3.05, 3.63) is 60.2 Å². The van der Waals surface area contributed by atoms with Crippen LogP contribution in [0.15, 0.2) is 67.4 Å². The molecule has 0 unspecified atom stereocenters. The number of oxazole rings is 1. The minimum Gasteiger partial charge on any atom is -0.459 e. The molecule has 4 aromatic rings. The van der Waals surface area contributed by atoms with Crippen LogP contribution < -0.4 is 0 Å². The van der Waals surface area contributed by atoms with Gasteiger partial charge in [-0.2, -0.15) is 0 Å². The van der Waals surface area contributed by atoms with Crippen LogP contribution in [0.3, 0.4) is 0 Å². The van der Waals surface area contributed by atoms with Crippen LogP contribution in [0.2, 0.25) is 0 Å². The lowest BCUT2D eigenvalue weighted by molar-refractivity contribution is 0.447. The molecule has 0 amide bonds. The molecule has 4 rings (SSSR count). The molecule has 0 saturated carbocycles. The fourth-order valence-corrected chi connectivity index (χ4v) is 2.75. The van der Waals surface area contributed by atoms with Crippen molar-refractivity contribution < 1.29 is 13.3 Å². The van der Waals surface area contributed by atoms with E-state index in [-0.39, 0.29) is 0 Å². The molecular weight excluding hydrogens is 326 g/mol. The molecule has 0 N–H and O–H groups in total. The van der Waals surface area contributed by atoms with Gasteiger partial charge in [-0.25, -0.2) is 4.98 Å². The van der Waals surface area contributed by atoms with Crippen LogP contribution in [0.5, 0.6) is 0 Å². The van der Waals surface area contributed by atoms with E-state index in [0.717, 1.165) is 11.3 Å². The molecule has 0 fully saturated rings. The van der Waals surface area contributed by atoms with Crippen LogP contribution in [0, 0.1) is 6.92 Å². The molecule has 0 aliphatic carbocycles. The molecule has 0 bridgehead atoms. The Morgan fingerprint density at radius 3 is 2.67 bits per heavy atom. The summed E-state index contributed by atoms with van der Waals surface area (Å²) in [4.78, 5) is 4.49. The summed E-state index contributed by atoms with van der Waals surface area (Å²) in [6.45, 7) is 2.04. The Hall–Kier alpha value is -2.80. The first-order valence-corrected chi connectivity index (χ1v) is 8.28. The normalized spacial score (nSPS) is 11.0. The van der Waals surface area contributed by atoms with Crippen LogP contribution in [-0.4, -0.2) is 15.2 Å². The smallest absolute Gasteiger partial charge is 0.284 e. The maximum absolute atomic E-state index is 5.54. The van der Waals surface area contributed by atoms with Gasteiger partial charge in [-0.05, 0) is 31.2 Å². The minimum absolute atomic E-state index is 0.364. The average molecular weight is 339 g/mol. The standard InChI is InChI=1S/C17H13N3O3S/c1-11-4-6-12(7-5-11)15-18-13(9-22-15)10-24-17-20-19-16(23-17)14-3-2-8-21-14/h2-9H,10H2,1H3. The first kappa shape index (κ1) is 14.8. The van der Waals surface area contributed by atoms with Crippen molar-refractivity contribution in [2.75, 3.05) is 0 Å². The number of rotatable bonds is 5. The summed E-state index contributed by atoms with van der Waals surface area (Å²) < 4.78 is 16.3. The zero-order chi connectivity index (χ0) is 16.4. The maximum atomic E-state index is 5.54. The second-order valence-corrected chi connectivity index (χ2v) is 6.08. The van der Waals surface area contributed by atoms with Gasteiger partial charge in [0, 0.05) is 11.3 Å². The lowest BCUT2D eigenvalue weighted by atomic mass is 10.1. The van der Waals surface area contributed by atoms with Crippen molar-refractivity contribution in [2.24, 2.45) is 0 Å². The molecule has 0 aliphatic rings. The quantitative estimate of drug-likeness (QED) is 0.492. The van der Waals surface area contributed by atoms with E-state index in [1.165, 1.54) is 17.3 Å². The molecule has 0 aliphatic heterocycles. The Morgan fingerprint density at radius 2 is 1.88 bits per heavy atom. The van der Waals surface area contributed by atoms with E-state index in [1.807, 2.05) is 31.2 Å². The van der Waals surface area contributed by atoms with E-state index < -0.39 is 0 Å². The number of hydrogen-bond acceptors (Lipinski definition) is 7. The number of thioether (sulfide) groups is 1. The van der Waals surface area contributed by atoms with Crippen molar-refractivity contribution in [3.8, 4) is 23.1 Å². The van der Waals surface area contributed by atoms with E-state index in [0.29, 0.717) is 28.5 Å². The lowest BCUT2D eigenvalue weighted by Crippen LogP contribution is -1.83. The highest BCUT2D eigenvalue weighted by Crippen LogP contribution is 2.27. The molecule has 0 saturated heterocycles. The predicted octanol–water partition coefficient (Wildman–Crippen LogP) is 4.59.